The Labute approximate surface area is 126 Å². The van der Waals surface area contributed by atoms with Gasteiger partial charge in [-0.15, -0.1) is 0 Å². The summed E-state index contributed by atoms with van der Waals surface area (Å²) in [7, 11) is 3.84. The van der Waals surface area contributed by atoms with E-state index in [9.17, 15) is 0 Å². The van der Waals surface area contributed by atoms with Crippen LogP contribution in [-0.4, -0.2) is 20.7 Å². The Morgan fingerprint density at radius 2 is 1.90 bits per heavy atom. The van der Waals surface area contributed by atoms with Gasteiger partial charge in [0, 0.05) is 25.3 Å². The zero-order valence-electron chi connectivity index (χ0n) is 12.7. The van der Waals surface area contributed by atoms with Crippen LogP contribution in [0.4, 0.5) is 5.69 Å². The third kappa shape index (κ3) is 3.10. The van der Waals surface area contributed by atoms with Crippen molar-refractivity contribution in [3.63, 3.8) is 0 Å². The molecule has 0 heterocycles. The van der Waals surface area contributed by atoms with Crippen molar-refractivity contribution in [2.75, 3.05) is 25.6 Å². The zero-order chi connectivity index (χ0) is 14.7. The van der Waals surface area contributed by atoms with Crippen LogP contribution in [0.15, 0.2) is 54.1 Å². The summed E-state index contributed by atoms with van der Waals surface area (Å²) in [5, 5.41) is 0. The van der Waals surface area contributed by atoms with Crippen molar-refractivity contribution in [3.8, 4) is 5.75 Å². The Morgan fingerprint density at radius 3 is 2.76 bits per heavy atom. The Kier molecular flexibility index (Phi) is 3.96. The number of hydrogen-bond donors (Lipinski definition) is 0. The van der Waals surface area contributed by atoms with E-state index in [0.717, 1.165) is 25.1 Å². The van der Waals surface area contributed by atoms with Crippen molar-refractivity contribution in [3.05, 3.63) is 65.2 Å². The highest BCUT2D eigenvalue weighted by atomic mass is 16.5. The lowest BCUT2D eigenvalue weighted by atomic mass is 9.92. The van der Waals surface area contributed by atoms with Crippen molar-refractivity contribution >= 4 is 11.8 Å². The second-order valence-electron chi connectivity index (χ2n) is 5.56. The molecule has 0 fully saturated rings. The topological polar surface area (TPSA) is 12.5 Å². The predicted molar refractivity (Wildman–Crippen MR) is 89.0 cm³/mol. The molecule has 2 nitrogen and oxygen atoms in total. The number of ether oxygens (including phenoxy) is 1. The Bertz CT molecular complexity index is 660. The smallest absolute Gasteiger partial charge is 0.120 e. The van der Waals surface area contributed by atoms with Gasteiger partial charge in [0.1, 0.15) is 5.75 Å². The first-order chi connectivity index (χ1) is 10.3. The summed E-state index contributed by atoms with van der Waals surface area (Å²) < 4.78 is 5.30. The molecule has 2 aromatic carbocycles. The van der Waals surface area contributed by atoms with E-state index in [0.29, 0.717) is 0 Å². The molecule has 0 bridgehead atoms. The lowest BCUT2D eigenvalue weighted by Gasteiger charge is -2.24. The van der Waals surface area contributed by atoms with Gasteiger partial charge in [-0.1, -0.05) is 42.0 Å². The monoisotopic (exact) mass is 279 g/mol. The highest BCUT2D eigenvalue weighted by molar-refractivity contribution is 5.61. The van der Waals surface area contributed by atoms with Gasteiger partial charge in [0.15, 0.2) is 0 Å². The first-order valence-electron chi connectivity index (χ1n) is 7.39. The van der Waals surface area contributed by atoms with Gasteiger partial charge in [-0.3, -0.25) is 0 Å². The number of aryl methyl sites for hydroxylation is 1. The Morgan fingerprint density at radius 1 is 1.05 bits per heavy atom. The van der Waals surface area contributed by atoms with Gasteiger partial charge >= 0.3 is 0 Å². The molecule has 21 heavy (non-hydrogen) atoms. The molecule has 0 spiro atoms. The van der Waals surface area contributed by atoms with Gasteiger partial charge in [-0.05, 0) is 36.1 Å². The van der Waals surface area contributed by atoms with Crippen molar-refractivity contribution in [2.24, 2.45) is 0 Å². The maximum absolute atomic E-state index is 5.30. The second kappa shape index (κ2) is 6.04. The number of rotatable bonds is 4. The van der Waals surface area contributed by atoms with Crippen LogP contribution in [-0.2, 0) is 6.42 Å². The minimum Gasteiger partial charge on any atom is -0.497 e. The second-order valence-corrected chi connectivity index (χ2v) is 5.56. The van der Waals surface area contributed by atoms with Gasteiger partial charge in [0.05, 0.1) is 7.11 Å². The first-order valence-corrected chi connectivity index (χ1v) is 7.39. The highest BCUT2D eigenvalue weighted by Gasteiger charge is 2.12. The Hall–Kier alpha value is -2.22. The van der Waals surface area contributed by atoms with Crippen molar-refractivity contribution in [1.29, 1.82) is 0 Å². The maximum Gasteiger partial charge on any atom is 0.120 e. The summed E-state index contributed by atoms with van der Waals surface area (Å²) in [5.74, 6) is 0.905. The number of hydrogen-bond acceptors (Lipinski definition) is 2. The van der Waals surface area contributed by atoms with Gasteiger partial charge in [0.2, 0.25) is 0 Å². The van der Waals surface area contributed by atoms with Crippen molar-refractivity contribution in [1.82, 2.24) is 0 Å². The van der Waals surface area contributed by atoms with E-state index in [-0.39, 0.29) is 0 Å². The lowest BCUT2D eigenvalue weighted by molar-refractivity contribution is 0.415. The van der Waals surface area contributed by atoms with E-state index in [4.69, 9.17) is 4.74 Å². The number of fused-ring (bicyclic) bond motifs is 1. The SMILES string of the molecule is COc1cccc(N(C)CC2=Cc3ccccc3CC2)c1. The van der Waals surface area contributed by atoms with Crippen LogP contribution in [0.2, 0.25) is 0 Å². The quantitative estimate of drug-likeness (QED) is 0.833. The first kappa shape index (κ1) is 13.7. The number of anilines is 1. The number of nitrogens with zero attached hydrogens (tertiary/aromatic N) is 1. The van der Waals surface area contributed by atoms with Gasteiger partial charge in [-0.25, -0.2) is 0 Å². The molecular formula is C19H21NO. The Balaban J connectivity index is 1.76. The summed E-state index contributed by atoms with van der Waals surface area (Å²) in [5.41, 5.74) is 5.51. The molecule has 3 rings (SSSR count). The average molecular weight is 279 g/mol. The third-order valence-corrected chi connectivity index (χ3v) is 4.06. The molecule has 108 valence electrons. The van der Waals surface area contributed by atoms with E-state index in [2.05, 4.69) is 54.4 Å². The molecule has 0 aliphatic heterocycles. The summed E-state index contributed by atoms with van der Waals surface area (Å²) in [6, 6.07) is 16.9. The van der Waals surface area contributed by atoms with Crippen LogP contribution in [0.3, 0.4) is 0 Å². The van der Waals surface area contributed by atoms with Crippen molar-refractivity contribution in [2.45, 2.75) is 12.8 Å². The van der Waals surface area contributed by atoms with Gasteiger partial charge in [-0.2, -0.15) is 0 Å². The average Bonchev–Trinajstić information content (AvgIpc) is 2.54. The van der Waals surface area contributed by atoms with E-state index < -0.39 is 0 Å². The number of methoxy groups -OCH3 is 1. The lowest BCUT2D eigenvalue weighted by Crippen LogP contribution is -2.21. The fourth-order valence-corrected chi connectivity index (χ4v) is 2.86. The summed E-state index contributed by atoms with van der Waals surface area (Å²) in [6.45, 7) is 0.960. The molecule has 1 aliphatic rings. The van der Waals surface area contributed by atoms with E-state index >= 15 is 0 Å². The number of likely N-dealkylation sites (N-methyl/N-ethyl adjacent to an activating group) is 1. The van der Waals surface area contributed by atoms with Crippen LogP contribution in [0, 0.1) is 0 Å². The third-order valence-electron chi connectivity index (χ3n) is 4.06. The minimum atomic E-state index is 0.905. The molecule has 0 N–H and O–H groups in total. The molecule has 0 unspecified atom stereocenters. The molecule has 0 radical (unpaired) electrons. The molecule has 0 atom stereocenters. The van der Waals surface area contributed by atoms with Gasteiger partial charge in [0.25, 0.3) is 0 Å². The van der Waals surface area contributed by atoms with E-state index in [1.807, 2.05) is 12.1 Å². The summed E-state index contributed by atoms with van der Waals surface area (Å²) in [4.78, 5) is 2.28. The van der Waals surface area contributed by atoms with Crippen LogP contribution in [0.1, 0.15) is 17.5 Å². The largest absolute Gasteiger partial charge is 0.497 e. The fourth-order valence-electron chi connectivity index (χ4n) is 2.86. The van der Waals surface area contributed by atoms with E-state index in [1.165, 1.54) is 22.4 Å². The number of benzene rings is 2. The normalized spacial score (nSPS) is 13.3. The molecule has 0 saturated carbocycles. The minimum absolute atomic E-state index is 0.905. The molecule has 1 aliphatic carbocycles. The van der Waals surface area contributed by atoms with Crippen LogP contribution in [0.25, 0.3) is 6.08 Å². The molecular weight excluding hydrogens is 258 g/mol. The summed E-state index contributed by atoms with van der Waals surface area (Å²) >= 11 is 0. The standard InChI is InChI=1S/C19H21NO/c1-20(18-8-5-9-19(13-18)21-2)14-15-10-11-16-6-3-4-7-17(16)12-15/h3-9,12-13H,10-11,14H2,1-2H3. The van der Waals surface area contributed by atoms with Crippen LogP contribution in [0.5, 0.6) is 5.75 Å². The zero-order valence-corrected chi connectivity index (χ0v) is 12.7. The molecule has 2 aromatic rings. The van der Waals surface area contributed by atoms with Gasteiger partial charge < -0.3 is 9.64 Å². The highest BCUT2D eigenvalue weighted by Crippen LogP contribution is 2.26. The maximum atomic E-state index is 5.30. The molecule has 0 amide bonds. The fraction of sp³-hybridized carbons (Fsp3) is 0.263. The summed E-state index contributed by atoms with van der Waals surface area (Å²) in [6.07, 6.45) is 4.63. The van der Waals surface area contributed by atoms with Crippen LogP contribution >= 0.6 is 0 Å². The molecule has 0 saturated heterocycles. The van der Waals surface area contributed by atoms with Crippen molar-refractivity contribution < 1.29 is 4.74 Å². The van der Waals surface area contributed by atoms with E-state index in [1.54, 1.807) is 7.11 Å². The molecule has 2 heteroatoms. The molecule has 0 aromatic heterocycles. The van der Waals surface area contributed by atoms with Crippen LogP contribution < -0.4 is 9.64 Å². The predicted octanol–water partition coefficient (Wildman–Crippen LogP) is 4.16.